The number of ether oxygens (including phenoxy) is 1. The SMILES string of the molecule is CC(C)CNCc1cccc(Cl)c1SC1CCOC1C. The van der Waals surface area contributed by atoms with Crippen molar-refractivity contribution in [3.05, 3.63) is 28.8 Å². The van der Waals surface area contributed by atoms with Crippen LogP contribution in [-0.4, -0.2) is 24.5 Å². The van der Waals surface area contributed by atoms with Crippen molar-refractivity contribution in [3.63, 3.8) is 0 Å². The Kier molecular flexibility index (Phi) is 6.21. The molecule has 0 amide bonds. The summed E-state index contributed by atoms with van der Waals surface area (Å²) in [5.74, 6) is 0.661. The van der Waals surface area contributed by atoms with Gasteiger partial charge in [-0.05, 0) is 37.4 Å². The van der Waals surface area contributed by atoms with Crippen LogP contribution in [0.15, 0.2) is 23.1 Å². The van der Waals surface area contributed by atoms with Gasteiger partial charge in [-0.25, -0.2) is 0 Å². The Morgan fingerprint density at radius 2 is 2.25 bits per heavy atom. The highest BCUT2D eigenvalue weighted by molar-refractivity contribution is 8.00. The van der Waals surface area contributed by atoms with Crippen LogP contribution in [0, 0.1) is 5.92 Å². The molecule has 112 valence electrons. The van der Waals surface area contributed by atoms with Gasteiger partial charge in [0.2, 0.25) is 0 Å². The van der Waals surface area contributed by atoms with Crippen molar-refractivity contribution >= 4 is 23.4 Å². The minimum absolute atomic E-state index is 0.313. The van der Waals surface area contributed by atoms with Gasteiger partial charge in [0, 0.05) is 23.3 Å². The van der Waals surface area contributed by atoms with Gasteiger partial charge >= 0.3 is 0 Å². The zero-order valence-electron chi connectivity index (χ0n) is 12.5. The maximum absolute atomic E-state index is 6.41. The van der Waals surface area contributed by atoms with Gasteiger partial charge in [0.1, 0.15) is 0 Å². The van der Waals surface area contributed by atoms with Gasteiger partial charge < -0.3 is 10.1 Å². The molecule has 2 nitrogen and oxygen atoms in total. The number of rotatable bonds is 6. The van der Waals surface area contributed by atoms with Crippen LogP contribution in [-0.2, 0) is 11.3 Å². The molecule has 1 aromatic rings. The number of benzene rings is 1. The highest BCUT2D eigenvalue weighted by atomic mass is 35.5. The second kappa shape index (κ2) is 7.69. The Morgan fingerprint density at radius 3 is 2.90 bits per heavy atom. The molecule has 4 heteroatoms. The summed E-state index contributed by atoms with van der Waals surface area (Å²) in [5.41, 5.74) is 1.29. The van der Waals surface area contributed by atoms with Crippen LogP contribution < -0.4 is 5.32 Å². The average Bonchev–Trinajstić information content (AvgIpc) is 2.78. The fraction of sp³-hybridized carbons (Fsp3) is 0.625. The predicted octanol–water partition coefficient (Wildman–Crippen LogP) is 4.36. The van der Waals surface area contributed by atoms with E-state index in [4.69, 9.17) is 16.3 Å². The second-order valence-corrected chi connectivity index (χ2v) is 7.43. The molecule has 1 aliphatic heterocycles. The van der Waals surface area contributed by atoms with Gasteiger partial charge in [0.05, 0.1) is 11.1 Å². The number of hydrogen-bond donors (Lipinski definition) is 1. The first-order chi connectivity index (χ1) is 9.58. The Morgan fingerprint density at radius 1 is 1.45 bits per heavy atom. The average molecular weight is 314 g/mol. The van der Waals surface area contributed by atoms with Gasteiger partial charge in [-0.2, -0.15) is 0 Å². The van der Waals surface area contributed by atoms with E-state index >= 15 is 0 Å². The summed E-state index contributed by atoms with van der Waals surface area (Å²) in [6.07, 6.45) is 1.42. The van der Waals surface area contributed by atoms with E-state index in [1.54, 1.807) is 0 Å². The molecule has 0 aromatic heterocycles. The lowest BCUT2D eigenvalue weighted by atomic mass is 10.2. The summed E-state index contributed by atoms with van der Waals surface area (Å²) < 4.78 is 5.65. The number of thioether (sulfide) groups is 1. The van der Waals surface area contributed by atoms with E-state index in [1.807, 2.05) is 23.9 Å². The molecule has 0 radical (unpaired) electrons. The van der Waals surface area contributed by atoms with E-state index in [0.29, 0.717) is 17.3 Å². The molecule has 1 heterocycles. The maximum atomic E-state index is 6.41. The minimum atomic E-state index is 0.313. The Labute approximate surface area is 131 Å². The molecule has 2 rings (SSSR count). The van der Waals surface area contributed by atoms with Gasteiger partial charge in [-0.3, -0.25) is 0 Å². The molecule has 1 aliphatic rings. The molecule has 2 unspecified atom stereocenters. The topological polar surface area (TPSA) is 21.3 Å². The Balaban J connectivity index is 2.05. The molecule has 0 saturated carbocycles. The number of halogens is 1. The highest BCUT2D eigenvalue weighted by Gasteiger charge is 2.26. The lowest BCUT2D eigenvalue weighted by molar-refractivity contribution is 0.127. The molecular weight excluding hydrogens is 290 g/mol. The van der Waals surface area contributed by atoms with E-state index in [9.17, 15) is 0 Å². The van der Waals surface area contributed by atoms with Gasteiger partial charge in [0.15, 0.2) is 0 Å². The summed E-state index contributed by atoms with van der Waals surface area (Å²) in [6, 6.07) is 6.19. The molecule has 1 fully saturated rings. The van der Waals surface area contributed by atoms with Crippen LogP contribution in [0.4, 0.5) is 0 Å². The first-order valence-corrected chi connectivity index (χ1v) is 8.60. The van der Waals surface area contributed by atoms with E-state index in [2.05, 4.69) is 32.2 Å². The highest BCUT2D eigenvalue weighted by Crippen LogP contribution is 2.38. The van der Waals surface area contributed by atoms with Crippen molar-refractivity contribution in [2.24, 2.45) is 5.92 Å². The quantitative estimate of drug-likeness (QED) is 0.843. The Hall–Kier alpha value is -0.220. The molecule has 1 N–H and O–H groups in total. The van der Waals surface area contributed by atoms with Crippen molar-refractivity contribution in [2.45, 2.75) is 50.0 Å². The monoisotopic (exact) mass is 313 g/mol. The normalized spacial score (nSPS) is 22.6. The van der Waals surface area contributed by atoms with E-state index < -0.39 is 0 Å². The van der Waals surface area contributed by atoms with Crippen LogP contribution in [0.3, 0.4) is 0 Å². The molecule has 1 saturated heterocycles. The van der Waals surface area contributed by atoms with Crippen molar-refractivity contribution in [1.82, 2.24) is 5.32 Å². The number of hydrogen-bond acceptors (Lipinski definition) is 3. The zero-order valence-corrected chi connectivity index (χ0v) is 14.1. The van der Waals surface area contributed by atoms with E-state index in [1.165, 1.54) is 10.5 Å². The Bertz CT molecular complexity index is 438. The largest absolute Gasteiger partial charge is 0.377 e. The van der Waals surface area contributed by atoms with Gasteiger partial charge in [-0.1, -0.05) is 37.6 Å². The molecule has 1 aromatic carbocycles. The van der Waals surface area contributed by atoms with Crippen LogP contribution >= 0.6 is 23.4 Å². The summed E-state index contributed by atoms with van der Waals surface area (Å²) in [4.78, 5) is 1.22. The first-order valence-electron chi connectivity index (χ1n) is 7.34. The molecule has 0 spiro atoms. The second-order valence-electron chi connectivity index (χ2n) is 5.77. The summed E-state index contributed by atoms with van der Waals surface area (Å²) in [7, 11) is 0. The fourth-order valence-corrected chi connectivity index (χ4v) is 3.93. The molecule has 0 aliphatic carbocycles. The third kappa shape index (κ3) is 4.39. The van der Waals surface area contributed by atoms with Gasteiger partial charge in [0.25, 0.3) is 0 Å². The van der Waals surface area contributed by atoms with Gasteiger partial charge in [-0.15, -0.1) is 11.8 Å². The third-order valence-electron chi connectivity index (χ3n) is 3.49. The van der Waals surface area contributed by atoms with E-state index in [0.717, 1.165) is 31.1 Å². The van der Waals surface area contributed by atoms with E-state index in [-0.39, 0.29) is 0 Å². The van der Waals surface area contributed by atoms with Crippen LogP contribution in [0.1, 0.15) is 32.8 Å². The lowest BCUT2D eigenvalue weighted by Gasteiger charge is -2.18. The molecule has 2 atom stereocenters. The fourth-order valence-electron chi connectivity index (χ4n) is 2.34. The maximum Gasteiger partial charge on any atom is 0.0669 e. The lowest BCUT2D eigenvalue weighted by Crippen LogP contribution is -2.20. The van der Waals surface area contributed by atoms with Crippen molar-refractivity contribution in [3.8, 4) is 0 Å². The van der Waals surface area contributed by atoms with Crippen LogP contribution in [0.5, 0.6) is 0 Å². The molecule has 20 heavy (non-hydrogen) atoms. The standard InChI is InChI=1S/C16H24ClNOS/c1-11(2)9-18-10-13-5-4-6-14(17)16(13)20-15-7-8-19-12(15)3/h4-6,11-12,15,18H,7-10H2,1-3H3. The first kappa shape index (κ1) is 16.2. The summed E-state index contributed by atoms with van der Waals surface area (Å²) in [5, 5.41) is 4.87. The van der Waals surface area contributed by atoms with Crippen molar-refractivity contribution in [2.75, 3.05) is 13.2 Å². The van der Waals surface area contributed by atoms with Crippen LogP contribution in [0.2, 0.25) is 5.02 Å². The van der Waals surface area contributed by atoms with Crippen LogP contribution in [0.25, 0.3) is 0 Å². The molecular formula is C16H24ClNOS. The van der Waals surface area contributed by atoms with Crippen molar-refractivity contribution < 1.29 is 4.74 Å². The van der Waals surface area contributed by atoms with Crippen molar-refractivity contribution in [1.29, 1.82) is 0 Å². The zero-order chi connectivity index (χ0) is 14.5. The third-order valence-corrected chi connectivity index (χ3v) is 5.56. The summed E-state index contributed by atoms with van der Waals surface area (Å²) in [6.45, 7) is 9.36. The summed E-state index contributed by atoms with van der Waals surface area (Å²) >= 11 is 8.28. The molecule has 0 bridgehead atoms. The predicted molar refractivity (Wildman–Crippen MR) is 87.7 cm³/mol. The smallest absolute Gasteiger partial charge is 0.0669 e. The number of nitrogens with one attached hydrogen (secondary N) is 1. The minimum Gasteiger partial charge on any atom is -0.377 e.